The minimum Gasteiger partial charge on any atom is -0.207 e. The van der Waals surface area contributed by atoms with Gasteiger partial charge < -0.3 is 0 Å². The number of sulfonamides is 1. The van der Waals surface area contributed by atoms with Crippen molar-refractivity contribution in [2.75, 3.05) is 0 Å². The van der Waals surface area contributed by atoms with Crippen molar-refractivity contribution in [3.63, 3.8) is 0 Å². The highest BCUT2D eigenvalue weighted by Gasteiger charge is 2.21. The molecule has 1 unspecified atom stereocenters. The van der Waals surface area contributed by atoms with Gasteiger partial charge >= 0.3 is 0 Å². The first-order valence-electron chi connectivity index (χ1n) is 7.42. The number of hydrogen-bond acceptors (Lipinski definition) is 3. The molecule has 2 rings (SSSR count). The molecule has 0 radical (unpaired) electrons. The molecule has 2 aromatic carbocycles. The van der Waals surface area contributed by atoms with Gasteiger partial charge in [-0.1, -0.05) is 55.8 Å². The van der Waals surface area contributed by atoms with E-state index in [0.29, 0.717) is 11.5 Å². The fourth-order valence-electron chi connectivity index (χ4n) is 2.18. The number of rotatable bonds is 5. The molecule has 0 aliphatic carbocycles. The Kier molecular flexibility index (Phi) is 5.19. The van der Waals surface area contributed by atoms with Gasteiger partial charge in [0.05, 0.1) is 11.0 Å². The highest BCUT2D eigenvalue weighted by atomic mass is 32.2. The third-order valence-corrected chi connectivity index (χ3v) is 5.11. The summed E-state index contributed by atoms with van der Waals surface area (Å²) in [6.07, 6.45) is 0. The van der Waals surface area contributed by atoms with Crippen LogP contribution < -0.4 is 4.72 Å². The molecule has 1 N–H and O–H groups in total. The Bertz CT molecular complexity index is 802. The molecule has 120 valence electrons. The maximum absolute atomic E-state index is 12.4. The van der Waals surface area contributed by atoms with Crippen LogP contribution in [0.2, 0.25) is 0 Å². The lowest BCUT2D eigenvalue weighted by Crippen LogP contribution is -2.27. The lowest BCUT2D eigenvalue weighted by atomic mass is 10.00. The van der Waals surface area contributed by atoms with Crippen molar-refractivity contribution < 1.29 is 8.42 Å². The molecule has 0 saturated heterocycles. The second-order valence-electron chi connectivity index (χ2n) is 5.82. The number of hydrogen-bond donors (Lipinski definition) is 1. The normalized spacial score (nSPS) is 12.8. The van der Waals surface area contributed by atoms with Gasteiger partial charge in [0.15, 0.2) is 0 Å². The fraction of sp³-hybridized carbons (Fsp3) is 0.278. The molecule has 0 heterocycles. The second kappa shape index (κ2) is 6.95. The highest BCUT2D eigenvalue weighted by Crippen LogP contribution is 2.20. The van der Waals surface area contributed by atoms with Gasteiger partial charge in [-0.05, 0) is 36.1 Å². The summed E-state index contributed by atoms with van der Waals surface area (Å²) >= 11 is 0. The maximum Gasteiger partial charge on any atom is 0.241 e. The van der Waals surface area contributed by atoms with Crippen molar-refractivity contribution in [1.82, 2.24) is 4.72 Å². The molecule has 0 saturated carbocycles. The molecule has 4 nitrogen and oxygen atoms in total. The van der Waals surface area contributed by atoms with Crippen molar-refractivity contribution >= 4 is 10.0 Å². The van der Waals surface area contributed by atoms with E-state index in [4.69, 9.17) is 0 Å². The number of nitrogens with zero attached hydrogens (tertiary/aromatic N) is 1. The largest absolute Gasteiger partial charge is 0.241 e. The summed E-state index contributed by atoms with van der Waals surface area (Å²) in [4.78, 5) is 0.155. The van der Waals surface area contributed by atoms with Crippen molar-refractivity contribution in [2.24, 2.45) is 0 Å². The highest BCUT2D eigenvalue weighted by molar-refractivity contribution is 7.89. The lowest BCUT2D eigenvalue weighted by molar-refractivity contribution is 0.575. The average molecular weight is 328 g/mol. The van der Waals surface area contributed by atoms with E-state index in [0.717, 1.165) is 11.1 Å². The van der Waals surface area contributed by atoms with E-state index < -0.39 is 16.1 Å². The summed E-state index contributed by atoms with van der Waals surface area (Å²) in [6.45, 7) is 6.05. The van der Waals surface area contributed by atoms with Crippen molar-refractivity contribution in [3.8, 4) is 6.07 Å². The van der Waals surface area contributed by atoms with Crippen LogP contribution in [0.4, 0.5) is 0 Å². The average Bonchev–Trinajstić information content (AvgIpc) is 2.53. The number of nitriles is 1. The number of benzene rings is 2. The minimum atomic E-state index is -3.74. The second-order valence-corrected chi connectivity index (χ2v) is 7.53. The Hall–Kier alpha value is -2.16. The zero-order valence-corrected chi connectivity index (χ0v) is 14.3. The van der Waals surface area contributed by atoms with Crippen LogP contribution in [-0.4, -0.2) is 8.42 Å². The Morgan fingerprint density at radius 2 is 1.48 bits per heavy atom. The Morgan fingerprint density at radius 1 is 0.957 bits per heavy atom. The maximum atomic E-state index is 12.4. The van der Waals surface area contributed by atoms with Crippen molar-refractivity contribution in [1.29, 1.82) is 5.26 Å². The molecule has 2 aromatic rings. The minimum absolute atomic E-state index is 0.155. The summed E-state index contributed by atoms with van der Waals surface area (Å²) in [7, 11) is -3.74. The van der Waals surface area contributed by atoms with Crippen LogP contribution in [0.25, 0.3) is 0 Å². The molecule has 0 aliphatic rings. The Balaban J connectivity index is 2.25. The fourth-order valence-corrected chi connectivity index (χ4v) is 3.31. The molecule has 23 heavy (non-hydrogen) atoms. The first kappa shape index (κ1) is 17.2. The quantitative estimate of drug-likeness (QED) is 0.910. The Labute approximate surface area is 137 Å². The number of nitrogens with one attached hydrogen (secondary N) is 1. The zero-order valence-electron chi connectivity index (χ0n) is 13.4. The standard InChI is InChI=1S/C18H20N2O2S/c1-13(2)15-6-8-16(9-7-15)18(12-19)20-23(21,22)17-10-4-14(3)5-11-17/h4-11,13,18,20H,1-3H3. The Morgan fingerprint density at radius 3 is 1.96 bits per heavy atom. The van der Waals surface area contributed by atoms with E-state index in [-0.39, 0.29) is 4.90 Å². The van der Waals surface area contributed by atoms with E-state index >= 15 is 0 Å². The third kappa shape index (κ3) is 4.19. The van der Waals surface area contributed by atoms with Crippen LogP contribution in [0.3, 0.4) is 0 Å². The molecule has 0 aliphatic heterocycles. The molecule has 5 heteroatoms. The SMILES string of the molecule is Cc1ccc(S(=O)(=O)NC(C#N)c2ccc(C(C)C)cc2)cc1. The van der Waals surface area contributed by atoms with Gasteiger partial charge in [0.1, 0.15) is 6.04 Å². The first-order valence-corrected chi connectivity index (χ1v) is 8.90. The van der Waals surface area contributed by atoms with Gasteiger partial charge in [0, 0.05) is 0 Å². The van der Waals surface area contributed by atoms with Crippen LogP contribution in [0.1, 0.15) is 42.5 Å². The molecule has 0 fully saturated rings. The van der Waals surface area contributed by atoms with E-state index in [9.17, 15) is 13.7 Å². The van der Waals surface area contributed by atoms with E-state index in [2.05, 4.69) is 18.6 Å². The van der Waals surface area contributed by atoms with Crippen molar-refractivity contribution in [2.45, 2.75) is 37.6 Å². The predicted molar refractivity (Wildman–Crippen MR) is 90.4 cm³/mol. The third-order valence-electron chi connectivity index (χ3n) is 3.67. The van der Waals surface area contributed by atoms with Crippen LogP contribution in [-0.2, 0) is 10.0 Å². The van der Waals surface area contributed by atoms with Gasteiger partial charge in [-0.3, -0.25) is 0 Å². The molecule has 0 bridgehead atoms. The van der Waals surface area contributed by atoms with Gasteiger partial charge in [-0.15, -0.1) is 0 Å². The summed E-state index contributed by atoms with van der Waals surface area (Å²) in [5.41, 5.74) is 2.75. The van der Waals surface area contributed by atoms with Crippen LogP contribution >= 0.6 is 0 Å². The predicted octanol–water partition coefficient (Wildman–Crippen LogP) is 3.66. The van der Waals surface area contributed by atoms with Gasteiger partial charge in [-0.25, -0.2) is 8.42 Å². The monoisotopic (exact) mass is 328 g/mol. The summed E-state index contributed by atoms with van der Waals surface area (Å²) in [6, 6.07) is 15.1. The molecule has 0 aromatic heterocycles. The van der Waals surface area contributed by atoms with Gasteiger partial charge in [0.2, 0.25) is 10.0 Å². The van der Waals surface area contributed by atoms with Crippen LogP contribution in [0.5, 0.6) is 0 Å². The zero-order chi connectivity index (χ0) is 17.0. The van der Waals surface area contributed by atoms with Crippen LogP contribution in [0, 0.1) is 18.3 Å². The smallest absolute Gasteiger partial charge is 0.207 e. The van der Waals surface area contributed by atoms with E-state index in [1.807, 2.05) is 25.1 Å². The molecule has 0 amide bonds. The van der Waals surface area contributed by atoms with Crippen molar-refractivity contribution in [3.05, 3.63) is 65.2 Å². The molecular formula is C18H20N2O2S. The van der Waals surface area contributed by atoms with Crippen LogP contribution in [0.15, 0.2) is 53.4 Å². The van der Waals surface area contributed by atoms with E-state index in [1.165, 1.54) is 12.1 Å². The summed E-state index contributed by atoms with van der Waals surface area (Å²) in [5, 5.41) is 9.34. The van der Waals surface area contributed by atoms with Gasteiger partial charge in [0.25, 0.3) is 0 Å². The topological polar surface area (TPSA) is 70.0 Å². The molecule has 0 spiro atoms. The molecular weight excluding hydrogens is 308 g/mol. The first-order chi connectivity index (χ1) is 10.8. The summed E-state index contributed by atoms with van der Waals surface area (Å²) < 4.78 is 27.3. The van der Waals surface area contributed by atoms with Gasteiger partial charge in [-0.2, -0.15) is 9.98 Å². The van der Waals surface area contributed by atoms with E-state index in [1.54, 1.807) is 24.3 Å². The lowest BCUT2D eigenvalue weighted by Gasteiger charge is -2.14. The summed E-state index contributed by atoms with van der Waals surface area (Å²) in [5.74, 6) is 0.383. The molecule has 1 atom stereocenters. The number of aryl methyl sites for hydroxylation is 1.